The van der Waals surface area contributed by atoms with Gasteiger partial charge in [0.2, 0.25) is 0 Å². The first-order valence-corrected chi connectivity index (χ1v) is 4.99. The van der Waals surface area contributed by atoms with Gasteiger partial charge in [-0.1, -0.05) is 0 Å². The van der Waals surface area contributed by atoms with Gasteiger partial charge in [-0.15, -0.1) is 0 Å². The zero-order valence-electron chi connectivity index (χ0n) is 9.74. The number of pyridine rings is 1. The Morgan fingerprint density at radius 3 is 2.72 bits per heavy atom. The molecule has 0 spiro atoms. The van der Waals surface area contributed by atoms with Crippen LogP contribution in [0.4, 0.5) is 8.78 Å². The minimum absolute atomic E-state index is 0.0796. The highest BCUT2D eigenvalue weighted by molar-refractivity contribution is 5.93. The van der Waals surface area contributed by atoms with Crippen molar-refractivity contribution in [2.75, 3.05) is 13.7 Å². The second kappa shape index (κ2) is 5.91. The molecule has 96 valence electrons. The van der Waals surface area contributed by atoms with Crippen LogP contribution in [0.2, 0.25) is 0 Å². The van der Waals surface area contributed by atoms with Crippen LogP contribution in [-0.4, -0.2) is 24.7 Å². The first kappa shape index (κ1) is 13.8. The molecule has 0 saturated heterocycles. The van der Waals surface area contributed by atoms with Crippen LogP contribution in [0.1, 0.15) is 35.1 Å². The maximum atomic E-state index is 12.6. The molecule has 7 heteroatoms. The molecule has 18 heavy (non-hydrogen) atoms. The van der Waals surface area contributed by atoms with E-state index < -0.39 is 18.1 Å². The van der Waals surface area contributed by atoms with E-state index in [4.69, 9.17) is 14.7 Å². The topological polar surface area (TPSA) is 72.2 Å². The van der Waals surface area contributed by atoms with Crippen LogP contribution in [0, 0.1) is 11.3 Å². The first-order valence-electron chi connectivity index (χ1n) is 4.99. The molecule has 1 aromatic rings. The van der Waals surface area contributed by atoms with Gasteiger partial charge in [-0.2, -0.15) is 5.26 Å². The van der Waals surface area contributed by atoms with E-state index in [0.29, 0.717) is 0 Å². The Balaban J connectivity index is 3.41. The molecule has 0 aliphatic carbocycles. The number of alkyl halides is 2. The molecule has 0 radical (unpaired) electrons. The second-order valence-electron chi connectivity index (χ2n) is 3.11. The highest BCUT2D eigenvalue weighted by Gasteiger charge is 2.23. The van der Waals surface area contributed by atoms with Gasteiger partial charge in [0.15, 0.2) is 11.4 Å². The molecule has 0 unspecified atom stereocenters. The third kappa shape index (κ3) is 2.71. The maximum Gasteiger partial charge on any atom is 0.342 e. The van der Waals surface area contributed by atoms with Crippen LogP contribution >= 0.6 is 0 Å². The Labute approximate surface area is 102 Å². The van der Waals surface area contributed by atoms with Gasteiger partial charge in [-0.05, 0) is 13.0 Å². The number of esters is 1. The Morgan fingerprint density at radius 1 is 1.61 bits per heavy atom. The maximum absolute atomic E-state index is 12.6. The summed E-state index contributed by atoms with van der Waals surface area (Å²) >= 11 is 0. The average Bonchev–Trinajstić information content (AvgIpc) is 2.37. The summed E-state index contributed by atoms with van der Waals surface area (Å²) < 4.78 is 34.7. The van der Waals surface area contributed by atoms with Gasteiger partial charge < -0.3 is 9.47 Å². The first-order chi connectivity index (χ1) is 8.54. The number of rotatable bonds is 4. The molecule has 0 N–H and O–H groups in total. The van der Waals surface area contributed by atoms with E-state index in [1.54, 1.807) is 13.0 Å². The molecule has 5 nitrogen and oxygen atoms in total. The lowest BCUT2D eigenvalue weighted by Gasteiger charge is -2.10. The monoisotopic (exact) mass is 256 g/mol. The van der Waals surface area contributed by atoms with Crippen LogP contribution in [0.3, 0.4) is 0 Å². The summed E-state index contributed by atoms with van der Waals surface area (Å²) in [4.78, 5) is 15.0. The van der Waals surface area contributed by atoms with Crippen molar-refractivity contribution in [3.63, 3.8) is 0 Å². The summed E-state index contributed by atoms with van der Waals surface area (Å²) in [5.41, 5.74) is -1.28. The van der Waals surface area contributed by atoms with Crippen LogP contribution in [0.5, 0.6) is 5.75 Å². The summed E-state index contributed by atoms with van der Waals surface area (Å²) in [5.74, 6) is -1.00. The van der Waals surface area contributed by atoms with E-state index in [1.807, 2.05) is 0 Å². The Morgan fingerprint density at radius 2 is 2.28 bits per heavy atom. The number of carbonyl (C=O) groups is 1. The third-order valence-corrected chi connectivity index (χ3v) is 2.02. The number of hydrogen-bond donors (Lipinski definition) is 0. The molecular weight excluding hydrogens is 246 g/mol. The zero-order valence-corrected chi connectivity index (χ0v) is 9.74. The van der Waals surface area contributed by atoms with E-state index in [0.717, 1.165) is 6.07 Å². The number of hydrogen-bond acceptors (Lipinski definition) is 5. The Bertz CT molecular complexity index is 498. The van der Waals surface area contributed by atoms with Gasteiger partial charge in [0, 0.05) is 0 Å². The molecule has 0 aromatic carbocycles. The molecule has 1 heterocycles. The van der Waals surface area contributed by atoms with Crippen molar-refractivity contribution < 1.29 is 23.0 Å². The van der Waals surface area contributed by atoms with Gasteiger partial charge in [0.05, 0.1) is 13.7 Å². The van der Waals surface area contributed by atoms with E-state index in [9.17, 15) is 13.6 Å². The SMILES string of the molecule is CCOC(=O)c1cc(C(F)F)nc(C#N)c1OC. The molecule has 1 aromatic heterocycles. The Kier molecular flexibility index (Phi) is 4.54. The largest absolute Gasteiger partial charge is 0.493 e. The van der Waals surface area contributed by atoms with Crippen LogP contribution < -0.4 is 4.74 Å². The number of halogens is 2. The number of carbonyl (C=O) groups excluding carboxylic acids is 1. The normalized spacial score (nSPS) is 10.0. The van der Waals surface area contributed by atoms with E-state index in [1.165, 1.54) is 7.11 Å². The molecular formula is C11H10F2N2O3. The summed E-state index contributed by atoms with van der Waals surface area (Å²) in [5, 5.41) is 8.80. The third-order valence-electron chi connectivity index (χ3n) is 2.02. The fraction of sp³-hybridized carbons (Fsp3) is 0.364. The standard InChI is InChI=1S/C11H10F2N2O3/c1-3-18-11(16)6-4-7(10(12)13)15-8(5-14)9(6)17-2/h4,10H,3H2,1-2H3. The number of methoxy groups -OCH3 is 1. The van der Waals surface area contributed by atoms with E-state index in [2.05, 4.69) is 4.98 Å². The fourth-order valence-electron chi connectivity index (χ4n) is 1.31. The molecule has 1 rings (SSSR count). The van der Waals surface area contributed by atoms with Gasteiger partial charge in [0.25, 0.3) is 6.43 Å². The molecule has 0 aliphatic rings. The number of ether oxygens (including phenoxy) is 2. The van der Waals surface area contributed by atoms with Gasteiger partial charge in [0.1, 0.15) is 17.3 Å². The second-order valence-corrected chi connectivity index (χ2v) is 3.11. The van der Waals surface area contributed by atoms with Crippen molar-refractivity contribution in [1.82, 2.24) is 4.98 Å². The number of aromatic nitrogens is 1. The summed E-state index contributed by atoms with van der Waals surface area (Å²) in [6, 6.07) is 2.47. The smallest absolute Gasteiger partial charge is 0.342 e. The fourth-order valence-corrected chi connectivity index (χ4v) is 1.31. The van der Waals surface area contributed by atoms with E-state index in [-0.39, 0.29) is 23.6 Å². The summed E-state index contributed by atoms with van der Waals surface area (Å²) in [6.45, 7) is 1.65. The van der Waals surface area contributed by atoms with Crippen LogP contribution in [-0.2, 0) is 4.74 Å². The van der Waals surface area contributed by atoms with Crippen molar-refractivity contribution in [2.45, 2.75) is 13.3 Å². The molecule has 0 atom stereocenters. The van der Waals surface area contributed by atoms with Crippen molar-refractivity contribution in [1.29, 1.82) is 5.26 Å². The van der Waals surface area contributed by atoms with Gasteiger partial charge in [-0.3, -0.25) is 0 Å². The van der Waals surface area contributed by atoms with Crippen molar-refractivity contribution in [3.8, 4) is 11.8 Å². The summed E-state index contributed by atoms with van der Waals surface area (Å²) in [6.07, 6.45) is -2.89. The van der Waals surface area contributed by atoms with Gasteiger partial charge in [-0.25, -0.2) is 18.6 Å². The number of nitriles is 1. The average molecular weight is 256 g/mol. The lowest BCUT2D eigenvalue weighted by atomic mass is 10.1. The van der Waals surface area contributed by atoms with Gasteiger partial charge >= 0.3 is 5.97 Å². The van der Waals surface area contributed by atoms with Crippen molar-refractivity contribution in [2.24, 2.45) is 0 Å². The lowest BCUT2D eigenvalue weighted by Crippen LogP contribution is -2.10. The van der Waals surface area contributed by atoms with Crippen molar-refractivity contribution >= 4 is 5.97 Å². The quantitative estimate of drug-likeness (QED) is 0.771. The minimum atomic E-state index is -2.89. The van der Waals surface area contributed by atoms with E-state index >= 15 is 0 Å². The highest BCUT2D eigenvalue weighted by atomic mass is 19.3. The zero-order chi connectivity index (χ0) is 13.7. The van der Waals surface area contributed by atoms with Crippen LogP contribution in [0.25, 0.3) is 0 Å². The molecule has 0 amide bonds. The predicted octanol–water partition coefficient (Wildman–Crippen LogP) is 2.08. The van der Waals surface area contributed by atoms with Crippen molar-refractivity contribution in [3.05, 3.63) is 23.0 Å². The molecule has 0 aliphatic heterocycles. The minimum Gasteiger partial charge on any atom is -0.493 e. The predicted molar refractivity (Wildman–Crippen MR) is 56.4 cm³/mol. The lowest BCUT2D eigenvalue weighted by molar-refractivity contribution is 0.0521. The highest BCUT2D eigenvalue weighted by Crippen LogP contribution is 2.27. The molecule has 0 fully saturated rings. The molecule has 0 bridgehead atoms. The summed E-state index contributed by atoms with van der Waals surface area (Å²) in [7, 11) is 1.21. The van der Waals surface area contributed by atoms with Crippen LogP contribution in [0.15, 0.2) is 6.07 Å². The Hall–Kier alpha value is -2.23. The molecule has 0 saturated carbocycles. The number of nitrogens with zero attached hydrogens (tertiary/aromatic N) is 2.